The van der Waals surface area contributed by atoms with Gasteiger partial charge in [0.1, 0.15) is 13.2 Å². The Morgan fingerprint density at radius 3 is 2.89 bits per heavy atom. The third-order valence-corrected chi connectivity index (χ3v) is 2.56. The smallest absolute Gasteiger partial charge is 0.246 e. The van der Waals surface area contributed by atoms with Gasteiger partial charge in [0, 0.05) is 13.0 Å². The van der Waals surface area contributed by atoms with E-state index in [4.69, 9.17) is 0 Å². The average molecular weight is 251 g/mol. The molecule has 6 nitrogen and oxygen atoms in total. The van der Waals surface area contributed by atoms with Crippen LogP contribution in [0.2, 0.25) is 0 Å². The maximum Gasteiger partial charge on any atom is 0.246 e. The molecule has 0 aromatic heterocycles. The Kier molecular flexibility index (Phi) is 5.10. The molecule has 1 N–H and O–H groups in total. The van der Waals surface area contributed by atoms with Gasteiger partial charge in [-0.05, 0) is 6.08 Å². The zero-order valence-corrected chi connectivity index (χ0v) is 10.4. The van der Waals surface area contributed by atoms with Crippen LogP contribution in [-0.4, -0.2) is 48.7 Å². The summed E-state index contributed by atoms with van der Waals surface area (Å²) < 4.78 is 0. The fourth-order valence-corrected chi connectivity index (χ4v) is 1.77. The van der Waals surface area contributed by atoms with Gasteiger partial charge >= 0.3 is 0 Å². The van der Waals surface area contributed by atoms with E-state index in [0.29, 0.717) is 18.7 Å². The van der Waals surface area contributed by atoms with Crippen LogP contribution in [0.4, 0.5) is 0 Å². The Labute approximate surface area is 106 Å². The predicted octanol–water partition coefficient (Wildman–Crippen LogP) is 0.0779. The van der Waals surface area contributed by atoms with E-state index >= 15 is 0 Å². The van der Waals surface area contributed by atoms with Crippen LogP contribution in [0.3, 0.4) is 0 Å². The lowest BCUT2D eigenvalue weighted by Gasteiger charge is -2.21. The molecule has 0 aromatic rings. The molecule has 18 heavy (non-hydrogen) atoms. The first-order valence-electron chi connectivity index (χ1n) is 5.54. The molecule has 0 unspecified atom stereocenters. The highest BCUT2D eigenvalue weighted by molar-refractivity contribution is 6.03. The molecule has 1 saturated heterocycles. The highest BCUT2D eigenvalue weighted by atomic mass is 16.6. The van der Waals surface area contributed by atoms with E-state index in [1.54, 1.807) is 6.08 Å². The van der Waals surface area contributed by atoms with Gasteiger partial charge in [0.05, 0.1) is 12.3 Å². The summed E-state index contributed by atoms with van der Waals surface area (Å²) in [7, 11) is 1.43. The van der Waals surface area contributed by atoms with Crippen molar-refractivity contribution in [3.63, 3.8) is 0 Å². The maximum atomic E-state index is 11.9. The van der Waals surface area contributed by atoms with Gasteiger partial charge in [-0.15, -0.1) is 6.58 Å². The quantitative estimate of drug-likeness (QED) is 0.427. The third kappa shape index (κ3) is 3.19. The molecule has 0 spiro atoms. The molecule has 1 heterocycles. The fraction of sp³-hybridized carbons (Fsp3) is 0.417. The summed E-state index contributed by atoms with van der Waals surface area (Å²) in [6, 6.07) is -0.565. The lowest BCUT2D eigenvalue weighted by molar-refractivity contribution is -0.134. The van der Waals surface area contributed by atoms with Crippen molar-refractivity contribution in [3.05, 3.63) is 25.3 Å². The van der Waals surface area contributed by atoms with Crippen LogP contribution in [0.5, 0.6) is 0 Å². The minimum Gasteiger partial charge on any atom is -0.399 e. The molecule has 1 atom stereocenters. The Morgan fingerprint density at radius 2 is 2.33 bits per heavy atom. The van der Waals surface area contributed by atoms with Crippen LogP contribution in [0, 0.1) is 0 Å². The Morgan fingerprint density at radius 1 is 1.61 bits per heavy atom. The number of likely N-dealkylation sites (tertiary alicyclic amines) is 1. The first kappa shape index (κ1) is 14.0. The summed E-state index contributed by atoms with van der Waals surface area (Å²) >= 11 is 0. The maximum absolute atomic E-state index is 11.9. The minimum atomic E-state index is -0.565. The number of hydrogen-bond acceptors (Lipinski definition) is 4. The van der Waals surface area contributed by atoms with Crippen LogP contribution in [-0.2, 0) is 14.4 Å². The molecule has 6 heteroatoms. The second-order valence-corrected chi connectivity index (χ2v) is 3.76. The van der Waals surface area contributed by atoms with Gasteiger partial charge in [-0.25, -0.2) is 0 Å². The number of carbonyl (C=O) groups is 2. The number of amides is 2. The van der Waals surface area contributed by atoms with Gasteiger partial charge in [0.2, 0.25) is 11.8 Å². The summed E-state index contributed by atoms with van der Waals surface area (Å²) in [5, 5.41) is 6.46. The molecular formula is C12H17N3O3. The van der Waals surface area contributed by atoms with Crippen LogP contribution in [0.1, 0.15) is 6.42 Å². The van der Waals surface area contributed by atoms with Gasteiger partial charge in [0.25, 0.3) is 0 Å². The van der Waals surface area contributed by atoms with E-state index < -0.39 is 6.04 Å². The van der Waals surface area contributed by atoms with Crippen molar-refractivity contribution in [2.45, 2.75) is 12.5 Å². The molecule has 2 amide bonds. The number of nitrogens with one attached hydrogen (secondary N) is 1. The van der Waals surface area contributed by atoms with Crippen molar-refractivity contribution in [2.24, 2.45) is 5.16 Å². The summed E-state index contributed by atoms with van der Waals surface area (Å²) in [6.45, 7) is 7.59. The van der Waals surface area contributed by atoms with Crippen LogP contribution >= 0.6 is 0 Å². The van der Waals surface area contributed by atoms with Crippen molar-refractivity contribution in [3.8, 4) is 0 Å². The second-order valence-electron chi connectivity index (χ2n) is 3.76. The Bertz CT molecular complexity index is 390. The second kappa shape index (κ2) is 6.58. The van der Waals surface area contributed by atoms with Gasteiger partial charge < -0.3 is 15.1 Å². The van der Waals surface area contributed by atoms with Gasteiger partial charge in [-0.2, -0.15) is 0 Å². The molecule has 0 bridgehead atoms. The van der Waals surface area contributed by atoms with E-state index in [-0.39, 0.29) is 18.4 Å². The van der Waals surface area contributed by atoms with Crippen LogP contribution < -0.4 is 5.32 Å². The van der Waals surface area contributed by atoms with E-state index in [1.807, 2.05) is 0 Å². The molecular weight excluding hydrogens is 234 g/mol. The van der Waals surface area contributed by atoms with Gasteiger partial charge in [-0.1, -0.05) is 17.8 Å². The summed E-state index contributed by atoms with van der Waals surface area (Å²) in [6.07, 6.45) is 3.14. The first-order chi connectivity index (χ1) is 8.63. The number of hydrogen-bond donors (Lipinski definition) is 1. The zero-order valence-electron chi connectivity index (χ0n) is 10.4. The molecule has 1 rings (SSSR count). The van der Waals surface area contributed by atoms with E-state index in [0.717, 1.165) is 0 Å². The minimum absolute atomic E-state index is 0.230. The molecule has 0 radical (unpaired) electrons. The molecule has 0 aromatic carbocycles. The number of oxime groups is 1. The summed E-state index contributed by atoms with van der Waals surface area (Å²) in [5.74, 6) is -0.526. The zero-order chi connectivity index (χ0) is 13.5. The predicted molar refractivity (Wildman–Crippen MR) is 68.0 cm³/mol. The van der Waals surface area contributed by atoms with Crippen molar-refractivity contribution in [2.75, 3.05) is 20.2 Å². The van der Waals surface area contributed by atoms with Crippen molar-refractivity contribution < 1.29 is 14.4 Å². The molecule has 1 aliphatic rings. The van der Waals surface area contributed by atoms with Crippen LogP contribution in [0.25, 0.3) is 0 Å². The monoisotopic (exact) mass is 251 g/mol. The third-order valence-electron chi connectivity index (χ3n) is 2.56. The molecule has 1 aliphatic heterocycles. The van der Waals surface area contributed by atoms with Gasteiger partial charge in [-0.3, -0.25) is 9.59 Å². The Balaban J connectivity index is 2.81. The van der Waals surface area contributed by atoms with Gasteiger partial charge in [0.15, 0.2) is 0 Å². The number of nitrogens with zero attached hydrogens (tertiary/aromatic N) is 2. The highest BCUT2D eigenvalue weighted by Crippen LogP contribution is 2.16. The number of rotatable bonds is 5. The summed E-state index contributed by atoms with van der Waals surface area (Å²) in [4.78, 5) is 29.7. The SMILES string of the molecule is C=CCNC(=O)[C@@H]1C/C(=N\OC)CN1C(=O)C=C. The van der Waals surface area contributed by atoms with Crippen molar-refractivity contribution in [1.82, 2.24) is 10.2 Å². The normalized spacial score (nSPS) is 20.6. The average Bonchev–Trinajstić information content (AvgIpc) is 2.79. The van der Waals surface area contributed by atoms with E-state index in [2.05, 4.69) is 28.5 Å². The Hall–Kier alpha value is -2.11. The fourth-order valence-electron chi connectivity index (χ4n) is 1.77. The lowest BCUT2D eigenvalue weighted by atomic mass is 10.2. The van der Waals surface area contributed by atoms with E-state index in [1.165, 1.54) is 18.1 Å². The number of carbonyl (C=O) groups excluding carboxylic acids is 2. The lowest BCUT2D eigenvalue weighted by Crippen LogP contribution is -2.45. The topological polar surface area (TPSA) is 71.0 Å². The molecule has 0 saturated carbocycles. The molecule has 1 fully saturated rings. The molecule has 98 valence electrons. The standard InChI is InChI=1S/C12H17N3O3/c1-4-6-13-12(17)10-7-9(14-18-3)8-15(10)11(16)5-2/h4-5,10H,1-2,6-8H2,3H3,(H,13,17)/b14-9+/t10-/m0/s1. The van der Waals surface area contributed by atoms with Crippen molar-refractivity contribution >= 4 is 17.5 Å². The van der Waals surface area contributed by atoms with Crippen LogP contribution in [0.15, 0.2) is 30.5 Å². The summed E-state index contributed by atoms with van der Waals surface area (Å²) in [5.41, 5.74) is 0.659. The first-order valence-corrected chi connectivity index (χ1v) is 5.54. The van der Waals surface area contributed by atoms with E-state index in [9.17, 15) is 9.59 Å². The molecule has 0 aliphatic carbocycles. The largest absolute Gasteiger partial charge is 0.399 e. The van der Waals surface area contributed by atoms with Crippen molar-refractivity contribution in [1.29, 1.82) is 0 Å². The highest BCUT2D eigenvalue weighted by Gasteiger charge is 2.36.